The first-order valence-electron chi connectivity index (χ1n) is 7.12. The predicted molar refractivity (Wildman–Crippen MR) is 91.1 cm³/mol. The van der Waals surface area contributed by atoms with Crippen molar-refractivity contribution in [2.24, 2.45) is 0 Å². The van der Waals surface area contributed by atoms with Crippen LogP contribution in [0.5, 0.6) is 0 Å². The highest BCUT2D eigenvalue weighted by Gasteiger charge is 2.11. The van der Waals surface area contributed by atoms with E-state index in [4.69, 9.17) is 11.6 Å². The van der Waals surface area contributed by atoms with Gasteiger partial charge < -0.3 is 10.6 Å². The van der Waals surface area contributed by atoms with Gasteiger partial charge in [-0.25, -0.2) is 18.7 Å². The van der Waals surface area contributed by atoms with E-state index in [2.05, 4.69) is 20.6 Å². The summed E-state index contributed by atoms with van der Waals surface area (Å²) >= 11 is 5.82. The number of halogens is 3. The highest BCUT2D eigenvalue weighted by molar-refractivity contribution is 6.30. The van der Waals surface area contributed by atoms with Gasteiger partial charge in [-0.15, -0.1) is 0 Å². The molecule has 0 fully saturated rings. The van der Waals surface area contributed by atoms with Crippen LogP contribution in [0.15, 0.2) is 54.9 Å². The minimum absolute atomic E-state index is 0.0659. The summed E-state index contributed by atoms with van der Waals surface area (Å²) in [6, 6.07) is 11.4. The van der Waals surface area contributed by atoms with E-state index in [9.17, 15) is 13.6 Å². The molecule has 0 aliphatic carbocycles. The lowest BCUT2D eigenvalue weighted by atomic mass is 10.2. The van der Waals surface area contributed by atoms with Gasteiger partial charge in [0.25, 0.3) is 5.91 Å². The third kappa shape index (κ3) is 4.27. The van der Waals surface area contributed by atoms with Gasteiger partial charge in [0.05, 0.1) is 0 Å². The molecule has 0 aliphatic heterocycles. The Bertz CT molecular complexity index is 919. The van der Waals surface area contributed by atoms with Crippen LogP contribution >= 0.6 is 11.6 Å². The van der Waals surface area contributed by atoms with Crippen molar-refractivity contribution in [1.29, 1.82) is 0 Å². The van der Waals surface area contributed by atoms with E-state index in [-0.39, 0.29) is 11.4 Å². The summed E-state index contributed by atoms with van der Waals surface area (Å²) in [6.45, 7) is 0. The summed E-state index contributed by atoms with van der Waals surface area (Å²) in [7, 11) is 0. The lowest BCUT2D eigenvalue weighted by Gasteiger charge is -2.08. The minimum Gasteiger partial charge on any atom is -0.340 e. The number of anilines is 3. The second kappa shape index (κ2) is 7.23. The van der Waals surface area contributed by atoms with Gasteiger partial charge in [0.1, 0.15) is 17.8 Å². The van der Waals surface area contributed by atoms with Gasteiger partial charge in [0, 0.05) is 28.5 Å². The van der Waals surface area contributed by atoms with E-state index >= 15 is 0 Å². The van der Waals surface area contributed by atoms with Crippen molar-refractivity contribution in [1.82, 2.24) is 9.97 Å². The Hall–Kier alpha value is -3.06. The monoisotopic (exact) mass is 360 g/mol. The van der Waals surface area contributed by atoms with Crippen molar-refractivity contribution in [3.63, 3.8) is 0 Å². The Labute approximate surface area is 146 Å². The number of benzene rings is 2. The van der Waals surface area contributed by atoms with Gasteiger partial charge in [-0.2, -0.15) is 0 Å². The van der Waals surface area contributed by atoms with E-state index in [0.717, 1.165) is 17.8 Å². The number of hydrogen-bond acceptors (Lipinski definition) is 4. The van der Waals surface area contributed by atoms with Gasteiger partial charge >= 0.3 is 0 Å². The Balaban J connectivity index is 1.74. The fraction of sp³-hybridized carbons (Fsp3) is 0. The molecule has 1 heterocycles. The molecule has 126 valence electrons. The molecule has 3 rings (SSSR count). The summed E-state index contributed by atoms with van der Waals surface area (Å²) in [5.41, 5.74) is 0.918. The fourth-order valence-electron chi connectivity index (χ4n) is 2.00. The minimum atomic E-state index is -1.05. The number of amides is 1. The molecule has 0 saturated carbocycles. The van der Waals surface area contributed by atoms with Crippen LogP contribution < -0.4 is 10.6 Å². The van der Waals surface area contributed by atoms with Crippen LogP contribution in [0.4, 0.5) is 26.0 Å². The highest BCUT2D eigenvalue weighted by Crippen LogP contribution is 2.18. The Kier molecular flexibility index (Phi) is 4.85. The number of carbonyl (C=O) groups excluding carboxylic acids is 1. The zero-order valence-corrected chi connectivity index (χ0v) is 13.4. The zero-order chi connectivity index (χ0) is 17.8. The largest absolute Gasteiger partial charge is 0.340 e. The number of nitrogens with zero attached hydrogens (tertiary/aromatic N) is 2. The lowest BCUT2D eigenvalue weighted by Crippen LogP contribution is -2.14. The van der Waals surface area contributed by atoms with Crippen LogP contribution in [0.25, 0.3) is 0 Å². The molecule has 1 aromatic heterocycles. The summed E-state index contributed by atoms with van der Waals surface area (Å²) in [5, 5.41) is 6.05. The highest BCUT2D eigenvalue weighted by atomic mass is 35.5. The molecule has 25 heavy (non-hydrogen) atoms. The maximum absolute atomic E-state index is 13.2. The molecule has 0 unspecified atom stereocenters. The number of aromatic nitrogens is 2. The van der Waals surface area contributed by atoms with Crippen LogP contribution in [0.1, 0.15) is 10.5 Å². The number of hydrogen-bond donors (Lipinski definition) is 2. The summed E-state index contributed by atoms with van der Waals surface area (Å²) < 4.78 is 26.1. The first-order valence-corrected chi connectivity index (χ1v) is 7.50. The Morgan fingerprint density at radius 3 is 2.36 bits per heavy atom. The first kappa shape index (κ1) is 16.8. The molecule has 0 aliphatic rings. The number of carbonyl (C=O) groups is 1. The molecule has 0 saturated heterocycles. The molecule has 2 N–H and O–H groups in total. The van der Waals surface area contributed by atoms with Crippen LogP contribution in [0.3, 0.4) is 0 Å². The van der Waals surface area contributed by atoms with E-state index in [0.29, 0.717) is 10.8 Å². The summed E-state index contributed by atoms with van der Waals surface area (Å²) in [6.07, 6.45) is 1.22. The molecule has 1 amide bonds. The van der Waals surface area contributed by atoms with Gasteiger partial charge in [0.2, 0.25) is 0 Å². The molecular formula is C17H11ClF2N4O. The Morgan fingerprint density at radius 2 is 1.64 bits per heavy atom. The van der Waals surface area contributed by atoms with Gasteiger partial charge in [0.15, 0.2) is 11.6 Å². The van der Waals surface area contributed by atoms with Gasteiger partial charge in [-0.3, -0.25) is 4.79 Å². The maximum Gasteiger partial charge on any atom is 0.274 e. The number of nitrogens with one attached hydrogen (secondary N) is 2. The maximum atomic E-state index is 13.2. The van der Waals surface area contributed by atoms with Crippen molar-refractivity contribution in [2.45, 2.75) is 0 Å². The van der Waals surface area contributed by atoms with Crippen LogP contribution in [0.2, 0.25) is 5.02 Å². The smallest absolute Gasteiger partial charge is 0.274 e. The molecule has 3 aromatic rings. The van der Waals surface area contributed by atoms with Gasteiger partial charge in [-0.1, -0.05) is 11.6 Å². The van der Waals surface area contributed by atoms with Crippen molar-refractivity contribution in [3.8, 4) is 0 Å². The van der Waals surface area contributed by atoms with E-state index < -0.39 is 17.5 Å². The van der Waals surface area contributed by atoms with E-state index in [1.54, 1.807) is 24.3 Å². The molecule has 5 nitrogen and oxygen atoms in total. The van der Waals surface area contributed by atoms with E-state index in [1.165, 1.54) is 18.5 Å². The van der Waals surface area contributed by atoms with Crippen molar-refractivity contribution in [3.05, 3.63) is 77.2 Å². The topological polar surface area (TPSA) is 66.9 Å². The fourth-order valence-corrected chi connectivity index (χ4v) is 2.13. The quantitative estimate of drug-likeness (QED) is 0.723. The molecule has 8 heteroatoms. The predicted octanol–water partition coefficient (Wildman–Crippen LogP) is 4.40. The lowest BCUT2D eigenvalue weighted by molar-refractivity contribution is 0.102. The first-order chi connectivity index (χ1) is 12.0. The van der Waals surface area contributed by atoms with E-state index in [1.807, 2.05) is 0 Å². The average Bonchev–Trinajstić information content (AvgIpc) is 2.60. The second-order valence-corrected chi connectivity index (χ2v) is 5.44. The number of rotatable bonds is 4. The molecule has 0 atom stereocenters. The SMILES string of the molecule is O=C(Nc1ccc(F)c(F)c1)c1cc(Nc2ccc(Cl)cc2)ncn1. The third-order valence-electron chi connectivity index (χ3n) is 3.19. The standard InChI is InChI=1S/C17H11ClF2N4O/c18-10-1-3-11(4-2-10)23-16-8-15(21-9-22-16)17(25)24-12-5-6-13(19)14(20)7-12/h1-9H,(H,24,25)(H,21,22,23). The van der Waals surface area contributed by atoms with Gasteiger partial charge in [-0.05, 0) is 36.4 Å². The van der Waals surface area contributed by atoms with Crippen molar-refractivity contribution >= 4 is 34.7 Å². The summed E-state index contributed by atoms with van der Waals surface area (Å²) in [5.74, 6) is -2.22. The molecule has 0 radical (unpaired) electrons. The molecule has 0 bridgehead atoms. The zero-order valence-electron chi connectivity index (χ0n) is 12.6. The van der Waals surface area contributed by atoms with Crippen LogP contribution in [0, 0.1) is 11.6 Å². The van der Waals surface area contributed by atoms with Crippen LogP contribution in [-0.4, -0.2) is 15.9 Å². The average molecular weight is 361 g/mol. The van der Waals surface area contributed by atoms with Crippen LogP contribution in [-0.2, 0) is 0 Å². The molecule has 2 aromatic carbocycles. The van der Waals surface area contributed by atoms with Crippen molar-refractivity contribution in [2.75, 3.05) is 10.6 Å². The molecule has 0 spiro atoms. The Morgan fingerprint density at radius 1 is 0.920 bits per heavy atom. The summed E-state index contributed by atoms with van der Waals surface area (Å²) in [4.78, 5) is 20.1. The molecular weight excluding hydrogens is 350 g/mol. The van der Waals surface area contributed by atoms with Crippen molar-refractivity contribution < 1.29 is 13.6 Å². The third-order valence-corrected chi connectivity index (χ3v) is 3.45. The normalized spacial score (nSPS) is 10.4. The second-order valence-electron chi connectivity index (χ2n) is 5.00.